The van der Waals surface area contributed by atoms with E-state index in [1.54, 1.807) is 12.1 Å². The van der Waals surface area contributed by atoms with Crippen molar-refractivity contribution in [3.63, 3.8) is 0 Å². The normalized spacial score (nSPS) is 20.4. The van der Waals surface area contributed by atoms with Gasteiger partial charge in [0.25, 0.3) is 11.9 Å². The van der Waals surface area contributed by atoms with Crippen LogP contribution in [0.25, 0.3) is 0 Å². The summed E-state index contributed by atoms with van der Waals surface area (Å²) in [6.45, 7) is -0.264. The lowest BCUT2D eigenvalue weighted by Gasteiger charge is -2.47. The fourth-order valence-electron chi connectivity index (χ4n) is 4.64. The second-order valence-corrected chi connectivity index (χ2v) is 8.79. The molecule has 9 N–H and O–H groups in total. The molecule has 210 valence electrons. The summed E-state index contributed by atoms with van der Waals surface area (Å²) < 4.78 is 20.4. The van der Waals surface area contributed by atoms with Gasteiger partial charge in [-0.3, -0.25) is 0 Å². The highest BCUT2D eigenvalue weighted by molar-refractivity contribution is 5.75. The van der Waals surface area contributed by atoms with E-state index in [-0.39, 0.29) is 35.4 Å². The Balaban J connectivity index is 1.40. The number of aliphatic hydroxyl groups is 2. The first-order valence-corrected chi connectivity index (χ1v) is 11.7. The number of benzene rings is 2. The Bertz CT molecular complexity index is 1510. The molecular formula is C26H24N2O12. The molecule has 4 aromatic rings. The van der Waals surface area contributed by atoms with Gasteiger partial charge in [0.1, 0.15) is 34.4 Å². The smallest absolute Gasteiger partial charge is 0.290 e. The second-order valence-electron chi connectivity index (χ2n) is 8.79. The Hall–Kier alpha value is -5.21. The lowest BCUT2D eigenvalue weighted by Crippen LogP contribution is -2.51. The van der Waals surface area contributed by atoms with Gasteiger partial charge >= 0.3 is 0 Å². The number of ether oxygens (including phenoxy) is 2. The van der Waals surface area contributed by atoms with Gasteiger partial charge in [-0.25, -0.2) is 4.99 Å². The molecule has 2 atom stereocenters. The molecule has 1 aliphatic carbocycles. The summed E-state index contributed by atoms with van der Waals surface area (Å²) in [6, 6.07) is 7.92. The third-order valence-electron chi connectivity index (χ3n) is 6.51. The molecule has 0 saturated heterocycles. The molecule has 2 aromatic carbocycles. The predicted octanol–water partition coefficient (Wildman–Crippen LogP) is 2.90. The van der Waals surface area contributed by atoms with Crippen LogP contribution in [0.5, 0.6) is 46.4 Å². The maximum absolute atomic E-state index is 11.0. The average Bonchev–Trinajstić information content (AvgIpc) is 3.62. The summed E-state index contributed by atoms with van der Waals surface area (Å²) in [4.78, 5) is 3.83. The molecule has 0 amide bonds. The molecule has 2 aromatic heterocycles. The maximum Gasteiger partial charge on any atom is 0.290 e. The van der Waals surface area contributed by atoms with E-state index in [0.717, 1.165) is 18.5 Å². The first kappa shape index (κ1) is 26.4. The van der Waals surface area contributed by atoms with Crippen molar-refractivity contribution in [1.29, 1.82) is 0 Å². The fraction of sp³-hybridized carbons (Fsp3) is 0.192. The molecule has 14 nitrogen and oxygen atoms in total. The van der Waals surface area contributed by atoms with Crippen LogP contribution in [0.2, 0.25) is 0 Å². The van der Waals surface area contributed by atoms with E-state index in [2.05, 4.69) is 10.3 Å². The van der Waals surface area contributed by atoms with E-state index in [1.165, 1.54) is 24.7 Å². The number of hydrogen-bond acceptors (Lipinski definition) is 14. The van der Waals surface area contributed by atoms with Crippen molar-refractivity contribution in [2.45, 2.75) is 24.0 Å². The summed E-state index contributed by atoms with van der Waals surface area (Å²) in [6.07, 6.45) is 0.458. The highest BCUT2D eigenvalue weighted by Gasteiger charge is 2.54. The number of aliphatic hydroxyl groups excluding tert-OH is 2. The molecule has 1 fully saturated rings. The molecule has 2 unspecified atom stereocenters. The molecule has 0 spiro atoms. The number of rotatable bonds is 9. The van der Waals surface area contributed by atoms with Crippen LogP contribution in [0.15, 0.2) is 62.8 Å². The Labute approximate surface area is 224 Å². The van der Waals surface area contributed by atoms with Gasteiger partial charge in [-0.2, -0.15) is 0 Å². The average molecular weight is 556 g/mol. The molecular weight excluding hydrogens is 532 g/mol. The van der Waals surface area contributed by atoms with Crippen molar-refractivity contribution in [3.8, 4) is 46.4 Å². The summed E-state index contributed by atoms with van der Waals surface area (Å²) >= 11 is 0. The van der Waals surface area contributed by atoms with Gasteiger partial charge < -0.3 is 64.5 Å². The molecule has 0 bridgehead atoms. The van der Waals surface area contributed by atoms with E-state index in [1.807, 2.05) is 0 Å². The molecule has 14 heteroatoms. The molecule has 1 aliphatic rings. The molecule has 1 saturated carbocycles. The third-order valence-corrected chi connectivity index (χ3v) is 6.51. The topological polar surface area (TPSA) is 231 Å². The zero-order chi connectivity index (χ0) is 28.6. The van der Waals surface area contributed by atoms with Crippen molar-refractivity contribution in [1.82, 2.24) is 0 Å². The van der Waals surface area contributed by atoms with Crippen molar-refractivity contribution in [2.24, 2.45) is 4.99 Å². The van der Waals surface area contributed by atoms with Crippen molar-refractivity contribution < 1.29 is 59.2 Å². The maximum atomic E-state index is 11.0. The number of phenols is 6. The van der Waals surface area contributed by atoms with E-state index in [0.29, 0.717) is 0 Å². The van der Waals surface area contributed by atoms with Crippen LogP contribution < -0.4 is 14.8 Å². The number of nitrogens with zero attached hydrogens (tertiary/aromatic N) is 1. The lowest BCUT2D eigenvalue weighted by molar-refractivity contribution is -0.0810. The number of furan rings is 2. The highest BCUT2D eigenvalue weighted by Crippen LogP contribution is 2.59. The Morgan fingerprint density at radius 2 is 1.35 bits per heavy atom. The van der Waals surface area contributed by atoms with Gasteiger partial charge in [-0.1, -0.05) is 0 Å². The van der Waals surface area contributed by atoms with E-state index in [4.69, 9.17) is 18.3 Å². The molecule has 0 radical (unpaired) electrons. The number of hydrogen-bond donors (Lipinski definition) is 9. The predicted molar refractivity (Wildman–Crippen MR) is 136 cm³/mol. The molecule has 0 aliphatic heterocycles. The first-order valence-electron chi connectivity index (χ1n) is 11.7. The summed E-state index contributed by atoms with van der Waals surface area (Å²) in [5.74, 6) is -6.32. The van der Waals surface area contributed by atoms with Crippen LogP contribution in [-0.4, -0.2) is 66.2 Å². The number of aliphatic imine (C=N–C) groups is 1. The summed E-state index contributed by atoms with van der Waals surface area (Å²) in [5.41, 5.74) is -1.34. The minimum Gasteiger partial charge on any atom is -0.507 e. The van der Waals surface area contributed by atoms with Crippen molar-refractivity contribution in [2.75, 3.05) is 12.0 Å². The van der Waals surface area contributed by atoms with Gasteiger partial charge in [0, 0.05) is 47.2 Å². The number of aromatic hydroxyl groups is 6. The minimum absolute atomic E-state index is 0.0734. The highest BCUT2D eigenvalue weighted by atomic mass is 16.6. The van der Waals surface area contributed by atoms with Gasteiger partial charge in [0.15, 0.2) is 24.6 Å². The second kappa shape index (κ2) is 10.5. The van der Waals surface area contributed by atoms with Crippen molar-refractivity contribution >= 4 is 17.8 Å². The largest absolute Gasteiger partial charge is 0.507 e. The van der Waals surface area contributed by atoms with Crippen LogP contribution in [0.4, 0.5) is 11.4 Å². The van der Waals surface area contributed by atoms with E-state index < -0.39 is 64.2 Å². The zero-order valence-electron chi connectivity index (χ0n) is 20.4. The minimum atomic E-state index is -1.57. The van der Waals surface area contributed by atoms with E-state index in [9.17, 15) is 40.9 Å². The van der Waals surface area contributed by atoms with Crippen LogP contribution >= 0.6 is 0 Å². The monoisotopic (exact) mass is 556 g/mol. The first-order chi connectivity index (χ1) is 19.2. The van der Waals surface area contributed by atoms with Crippen LogP contribution in [-0.2, 0) is 0 Å². The van der Waals surface area contributed by atoms with Gasteiger partial charge in [0.2, 0.25) is 0 Å². The Morgan fingerprint density at radius 1 is 0.775 bits per heavy atom. The summed E-state index contributed by atoms with van der Waals surface area (Å²) in [5, 5.41) is 87.7. The lowest BCUT2D eigenvalue weighted by atomic mass is 9.62. The van der Waals surface area contributed by atoms with Crippen LogP contribution in [0.1, 0.15) is 23.0 Å². The van der Waals surface area contributed by atoms with Crippen molar-refractivity contribution in [3.05, 3.63) is 60.1 Å². The van der Waals surface area contributed by atoms with E-state index >= 15 is 0 Å². The Kier molecular flexibility index (Phi) is 6.94. The molecule has 2 heterocycles. The Morgan fingerprint density at radius 3 is 1.95 bits per heavy atom. The van der Waals surface area contributed by atoms with Gasteiger partial charge in [-0.05, 0) is 12.1 Å². The third kappa shape index (κ3) is 4.61. The SMILES string of the molecule is Oc1cc(O)c(C2C(O)C(c3c(O)cc(O)c(NCOc4ccco4)c3O)C2O)c(O)c1N=COc1ccco1. The quantitative estimate of drug-likeness (QED) is 0.0475. The fourth-order valence-corrected chi connectivity index (χ4v) is 4.64. The number of anilines is 1. The van der Waals surface area contributed by atoms with Crippen LogP contribution in [0.3, 0.4) is 0 Å². The summed E-state index contributed by atoms with van der Waals surface area (Å²) in [7, 11) is 0. The number of nitrogens with one attached hydrogen (secondary N) is 1. The molecule has 40 heavy (non-hydrogen) atoms. The zero-order valence-corrected chi connectivity index (χ0v) is 20.4. The van der Waals surface area contributed by atoms with Gasteiger partial charge in [0.05, 0.1) is 24.7 Å². The molecule has 5 rings (SSSR count). The van der Waals surface area contributed by atoms with Crippen LogP contribution in [0, 0.1) is 0 Å². The van der Waals surface area contributed by atoms with Gasteiger partial charge in [-0.15, -0.1) is 0 Å². The standard InChI is InChI=1S/C26H24N2O12/c29-11-7-13(31)21(27-9-39-15-3-1-5-37-15)25(35)17(11)19-23(33)20(24(19)34)18-12(30)8-14(32)22(26(18)36)28-10-40-16-4-2-6-38-16/h1-9,19-20,23-24,28-36H,10H2. The number of phenolic OH excluding ortho intramolecular Hbond substituents is 6.